The Kier molecular flexibility index (Phi) is 4.05. The third-order valence-electron chi connectivity index (χ3n) is 4.32. The minimum absolute atomic E-state index is 0.0341. The van der Waals surface area contributed by atoms with E-state index in [2.05, 4.69) is 11.6 Å². The largest absolute Gasteiger partial charge is 0.339 e. The van der Waals surface area contributed by atoms with Gasteiger partial charge in [0, 0.05) is 36.9 Å². The van der Waals surface area contributed by atoms with E-state index in [1.807, 2.05) is 10.4 Å². The van der Waals surface area contributed by atoms with E-state index in [4.69, 9.17) is 0 Å². The maximum absolute atomic E-state index is 12.6. The molecule has 0 unspecified atom stereocenters. The lowest BCUT2D eigenvalue weighted by Crippen LogP contribution is -2.45. The van der Waals surface area contributed by atoms with Gasteiger partial charge in [0.25, 0.3) is 0 Å². The van der Waals surface area contributed by atoms with Crippen molar-refractivity contribution in [3.8, 4) is 0 Å². The number of amides is 2. The molecule has 3 heterocycles. The summed E-state index contributed by atoms with van der Waals surface area (Å²) in [6.45, 7) is 6.28. The molecule has 5 nitrogen and oxygen atoms in total. The van der Waals surface area contributed by atoms with E-state index in [0.29, 0.717) is 19.6 Å². The van der Waals surface area contributed by atoms with E-state index in [0.717, 1.165) is 31.5 Å². The van der Waals surface area contributed by atoms with Crippen LogP contribution in [0.4, 0.5) is 0 Å². The Hall–Kier alpha value is -1.69. The fraction of sp³-hybridized carbons (Fsp3) is 0.533. The first-order valence-corrected chi connectivity index (χ1v) is 8.18. The molecule has 0 atom stereocenters. The predicted molar refractivity (Wildman–Crippen MR) is 80.7 cm³/mol. The maximum Gasteiger partial charge on any atom is 0.245 e. The minimum atomic E-state index is -0.0341. The quantitative estimate of drug-likeness (QED) is 0.777. The fourth-order valence-corrected chi connectivity index (χ4v) is 3.87. The molecule has 6 heteroatoms. The smallest absolute Gasteiger partial charge is 0.245 e. The van der Waals surface area contributed by atoms with Crippen LogP contribution in [0.2, 0.25) is 0 Å². The number of fused-ring (bicyclic) bond motifs is 1. The van der Waals surface area contributed by atoms with Gasteiger partial charge in [-0.3, -0.25) is 9.59 Å². The van der Waals surface area contributed by atoms with Crippen molar-refractivity contribution in [1.82, 2.24) is 14.8 Å². The topological polar surface area (TPSA) is 53.5 Å². The maximum atomic E-state index is 12.6. The van der Waals surface area contributed by atoms with Crippen molar-refractivity contribution >= 4 is 23.2 Å². The lowest BCUT2D eigenvalue weighted by molar-refractivity contribution is -0.140. The highest BCUT2D eigenvalue weighted by atomic mass is 32.1. The number of hydrogen-bond acceptors (Lipinski definition) is 4. The number of nitrogens with zero attached hydrogens (tertiary/aromatic N) is 3. The summed E-state index contributed by atoms with van der Waals surface area (Å²) in [5, 5.41) is 0. The Bertz CT molecular complexity index is 561. The SMILES string of the molecule is C=CC(=O)N1CCC(C(=O)N2CCc3ncsc3C2)CC1. The van der Waals surface area contributed by atoms with Gasteiger partial charge in [0.15, 0.2) is 0 Å². The van der Waals surface area contributed by atoms with Crippen LogP contribution in [0.5, 0.6) is 0 Å². The second-order valence-electron chi connectivity index (χ2n) is 5.54. The minimum Gasteiger partial charge on any atom is -0.339 e. The first-order chi connectivity index (χ1) is 10.2. The zero-order valence-electron chi connectivity index (χ0n) is 12.0. The number of hydrogen-bond donors (Lipinski definition) is 0. The van der Waals surface area contributed by atoms with Gasteiger partial charge in [0.05, 0.1) is 17.7 Å². The molecule has 0 spiro atoms. The van der Waals surface area contributed by atoms with E-state index in [9.17, 15) is 9.59 Å². The van der Waals surface area contributed by atoms with E-state index >= 15 is 0 Å². The normalized spacial score (nSPS) is 19.2. The first kappa shape index (κ1) is 14.3. The molecule has 1 aromatic rings. The second kappa shape index (κ2) is 5.97. The first-order valence-electron chi connectivity index (χ1n) is 7.30. The summed E-state index contributed by atoms with van der Waals surface area (Å²) in [7, 11) is 0. The van der Waals surface area contributed by atoms with Crippen molar-refractivity contribution in [3.05, 3.63) is 28.7 Å². The molecule has 1 fully saturated rings. The van der Waals surface area contributed by atoms with Gasteiger partial charge < -0.3 is 9.80 Å². The van der Waals surface area contributed by atoms with Crippen LogP contribution in [-0.2, 0) is 22.6 Å². The number of thiazole rings is 1. The zero-order chi connectivity index (χ0) is 14.8. The number of likely N-dealkylation sites (tertiary alicyclic amines) is 1. The van der Waals surface area contributed by atoms with Gasteiger partial charge in [-0.2, -0.15) is 0 Å². The van der Waals surface area contributed by atoms with Gasteiger partial charge in [-0.15, -0.1) is 11.3 Å². The Morgan fingerprint density at radius 1 is 1.29 bits per heavy atom. The fourth-order valence-electron chi connectivity index (χ4n) is 3.04. The second-order valence-corrected chi connectivity index (χ2v) is 6.48. The average molecular weight is 305 g/mol. The van der Waals surface area contributed by atoms with Crippen LogP contribution in [0.15, 0.2) is 18.2 Å². The van der Waals surface area contributed by atoms with Crippen LogP contribution in [0.3, 0.4) is 0 Å². The van der Waals surface area contributed by atoms with E-state index in [-0.39, 0.29) is 17.7 Å². The average Bonchev–Trinajstić information content (AvgIpc) is 3.01. The van der Waals surface area contributed by atoms with Crippen LogP contribution in [-0.4, -0.2) is 46.2 Å². The van der Waals surface area contributed by atoms with Gasteiger partial charge in [0.2, 0.25) is 11.8 Å². The lowest BCUT2D eigenvalue weighted by Gasteiger charge is -2.35. The Morgan fingerprint density at radius 2 is 2.05 bits per heavy atom. The molecule has 2 aliphatic heterocycles. The summed E-state index contributed by atoms with van der Waals surface area (Å²) < 4.78 is 0. The molecule has 0 aromatic carbocycles. The molecular weight excluding hydrogens is 286 g/mol. The van der Waals surface area contributed by atoms with Crippen molar-refractivity contribution in [1.29, 1.82) is 0 Å². The molecule has 2 aliphatic rings. The number of rotatable bonds is 2. The summed E-state index contributed by atoms with van der Waals surface area (Å²) in [5.41, 5.74) is 3.01. The Labute approximate surface area is 128 Å². The van der Waals surface area contributed by atoms with Gasteiger partial charge in [-0.05, 0) is 18.9 Å². The summed E-state index contributed by atoms with van der Waals surface area (Å²) in [4.78, 5) is 33.4. The standard InChI is InChI=1S/C15H19N3O2S/c1-2-14(19)17-6-3-11(4-7-17)15(20)18-8-5-12-13(9-18)21-10-16-12/h2,10-11H,1,3-9H2. The third-order valence-corrected chi connectivity index (χ3v) is 5.18. The Balaban J connectivity index is 1.58. The summed E-state index contributed by atoms with van der Waals surface area (Å²) in [6, 6.07) is 0. The van der Waals surface area contributed by atoms with Gasteiger partial charge in [-0.1, -0.05) is 6.58 Å². The summed E-state index contributed by atoms with van der Waals surface area (Å²) in [5.74, 6) is 0.251. The van der Waals surface area contributed by atoms with Crippen molar-refractivity contribution in [3.63, 3.8) is 0 Å². The van der Waals surface area contributed by atoms with E-state index in [1.54, 1.807) is 16.2 Å². The molecule has 112 valence electrons. The molecule has 2 amide bonds. The van der Waals surface area contributed by atoms with Crippen LogP contribution >= 0.6 is 11.3 Å². The molecule has 0 radical (unpaired) electrons. The number of carbonyl (C=O) groups excluding carboxylic acids is 2. The van der Waals surface area contributed by atoms with Gasteiger partial charge in [-0.25, -0.2) is 4.98 Å². The lowest BCUT2D eigenvalue weighted by atomic mass is 9.94. The molecular formula is C15H19N3O2S. The van der Waals surface area contributed by atoms with Gasteiger partial charge in [0.1, 0.15) is 0 Å². The van der Waals surface area contributed by atoms with Crippen LogP contribution in [0, 0.1) is 5.92 Å². The molecule has 0 N–H and O–H groups in total. The molecule has 1 saturated heterocycles. The van der Waals surface area contributed by atoms with Crippen molar-refractivity contribution in [2.45, 2.75) is 25.8 Å². The van der Waals surface area contributed by atoms with E-state index in [1.165, 1.54) is 11.0 Å². The molecule has 0 aliphatic carbocycles. The van der Waals surface area contributed by atoms with Crippen molar-refractivity contribution in [2.24, 2.45) is 5.92 Å². The van der Waals surface area contributed by atoms with Crippen LogP contribution < -0.4 is 0 Å². The summed E-state index contributed by atoms with van der Waals surface area (Å²) in [6.07, 6.45) is 3.71. The molecule has 3 rings (SSSR count). The van der Waals surface area contributed by atoms with Crippen molar-refractivity contribution < 1.29 is 9.59 Å². The van der Waals surface area contributed by atoms with Crippen LogP contribution in [0.1, 0.15) is 23.4 Å². The number of piperidine rings is 1. The number of aromatic nitrogens is 1. The Morgan fingerprint density at radius 3 is 2.76 bits per heavy atom. The highest BCUT2D eigenvalue weighted by Gasteiger charge is 2.31. The third kappa shape index (κ3) is 2.85. The van der Waals surface area contributed by atoms with Crippen molar-refractivity contribution in [2.75, 3.05) is 19.6 Å². The molecule has 1 aromatic heterocycles. The predicted octanol–water partition coefficient (Wildman–Crippen LogP) is 1.45. The van der Waals surface area contributed by atoms with E-state index < -0.39 is 0 Å². The highest BCUT2D eigenvalue weighted by molar-refractivity contribution is 7.09. The monoisotopic (exact) mass is 305 g/mol. The summed E-state index contributed by atoms with van der Waals surface area (Å²) >= 11 is 1.63. The van der Waals surface area contributed by atoms with Gasteiger partial charge >= 0.3 is 0 Å². The zero-order valence-corrected chi connectivity index (χ0v) is 12.8. The number of carbonyl (C=O) groups is 2. The van der Waals surface area contributed by atoms with Crippen LogP contribution in [0.25, 0.3) is 0 Å². The molecule has 0 saturated carbocycles. The highest BCUT2D eigenvalue weighted by Crippen LogP contribution is 2.26. The molecule has 0 bridgehead atoms. The molecule has 21 heavy (non-hydrogen) atoms.